The normalized spacial score (nSPS) is 25.6. The van der Waals surface area contributed by atoms with Gasteiger partial charge in [-0.1, -0.05) is 34.6 Å². The summed E-state index contributed by atoms with van der Waals surface area (Å²) in [6.07, 6.45) is 3.82. The number of nitrogens with zero attached hydrogens (tertiary/aromatic N) is 2. The molecule has 3 nitrogen and oxygen atoms in total. The summed E-state index contributed by atoms with van der Waals surface area (Å²) in [4.78, 5) is 5.26. The Balaban J connectivity index is 2.65. The molecule has 0 radical (unpaired) electrons. The van der Waals surface area contributed by atoms with E-state index in [-0.39, 0.29) is 0 Å². The highest BCUT2D eigenvalue weighted by Gasteiger charge is 2.30. The summed E-state index contributed by atoms with van der Waals surface area (Å²) >= 11 is 0. The van der Waals surface area contributed by atoms with Crippen LogP contribution < -0.4 is 5.32 Å². The monoisotopic (exact) mass is 283 g/mol. The second-order valence-corrected chi connectivity index (χ2v) is 7.35. The summed E-state index contributed by atoms with van der Waals surface area (Å²) in [5, 5.41) is 3.65. The molecular formula is C17H37N3. The minimum absolute atomic E-state index is 0.389. The largest absolute Gasteiger partial charge is 0.314 e. The number of hydrogen-bond donors (Lipinski definition) is 1. The van der Waals surface area contributed by atoms with E-state index in [1.165, 1.54) is 45.4 Å². The van der Waals surface area contributed by atoms with Gasteiger partial charge in [0.25, 0.3) is 0 Å². The molecule has 0 bridgehead atoms. The van der Waals surface area contributed by atoms with Gasteiger partial charge in [0.2, 0.25) is 0 Å². The lowest BCUT2D eigenvalue weighted by molar-refractivity contribution is 0.109. The molecule has 0 aliphatic carbocycles. The average Bonchev–Trinajstić information content (AvgIpc) is 2.58. The van der Waals surface area contributed by atoms with E-state index in [2.05, 4.69) is 56.8 Å². The lowest BCUT2D eigenvalue weighted by Gasteiger charge is -2.39. The molecule has 0 saturated carbocycles. The third kappa shape index (κ3) is 5.71. The lowest BCUT2D eigenvalue weighted by Crippen LogP contribution is -2.48. The Morgan fingerprint density at radius 1 is 1.25 bits per heavy atom. The van der Waals surface area contributed by atoms with Gasteiger partial charge in [-0.15, -0.1) is 0 Å². The second-order valence-electron chi connectivity index (χ2n) is 7.35. The SMILES string of the molecule is CCC1CN(C)CCCN1CC(C)(CC)CNC(C)C. The molecule has 0 aromatic carbocycles. The fourth-order valence-corrected chi connectivity index (χ4v) is 3.12. The van der Waals surface area contributed by atoms with Crippen LogP contribution in [0.3, 0.4) is 0 Å². The summed E-state index contributed by atoms with van der Waals surface area (Å²) in [5.74, 6) is 0. The Hall–Kier alpha value is -0.120. The zero-order chi connectivity index (χ0) is 15.2. The van der Waals surface area contributed by atoms with E-state index < -0.39 is 0 Å². The van der Waals surface area contributed by atoms with Gasteiger partial charge in [-0.3, -0.25) is 4.90 Å². The first-order chi connectivity index (χ1) is 9.40. The molecule has 0 aromatic heterocycles. The summed E-state index contributed by atoms with van der Waals surface area (Å²) in [5.41, 5.74) is 0.389. The molecule has 20 heavy (non-hydrogen) atoms. The minimum Gasteiger partial charge on any atom is -0.314 e. The maximum absolute atomic E-state index is 3.65. The van der Waals surface area contributed by atoms with Crippen LogP contribution in [-0.2, 0) is 0 Å². The van der Waals surface area contributed by atoms with Gasteiger partial charge in [0.05, 0.1) is 0 Å². The van der Waals surface area contributed by atoms with Crippen LogP contribution in [0.1, 0.15) is 53.9 Å². The van der Waals surface area contributed by atoms with Crippen LogP contribution in [0.5, 0.6) is 0 Å². The van der Waals surface area contributed by atoms with Crippen LogP contribution >= 0.6 is 0 Å². The van der Waals surface area contributed by atoms with Gasteiger partial charge in [0, 0.05) is 31.7 Å². The van der Waals surface area contributed by atoms with Crippen LogP contribution in [0.15, 0.2) is 0 Å². The highest BCUT2D eigenvalue weighted by Crippen LogP contribution is 2.25. The summed E-state index contributed by atoms with van der Waals surface area (Å²) in [7, 11) is 2.27. The summed E-state index contributed by atoms with van der Waals surface area (Å²) < 4.78 is 0. The number of hydrogen-bond acceptors (Lipinski definition) is 3. The zero-order valence-electron chi connectivity index (χ0n) is 14.7. The molecule has 1 rings (SSSR count). The molecule has 1 aliphatic heterocycles. The van der Waals surface area contributed by atoms with Gasteiger partial charge in [0.1, 0.15) is 0 Å². The van der Waals surface area contributed by atoms with E-state index in [9.17, 15) is 0 Å². The van der Waals surface area contributed by atoms with E-state index in [0.717, 1.165) is 12.6 Å². The highest BCUT2D eigenvalue weighted by atomic mass is 15.2. The van der Waals surface area contributed by atoms with Gasteiger partial charge < -0.3 is 10.2 Å². The number of likely N-dealkylation sites (N-methyl/N-ethyl adjacent to an activating group) is 1. The van der Waals surface area contributed by atoms with Crippen molar-refractivity contribution in [1.82, 2.24) is 15.1 Å². The predicted octanol–water partition coefficient (Wildman–Crippen LogP) is 2.82. The number of rotatable bonds is 7. The quantitative estimate of drug-likeness (QED) is 0.775. The number of nitrogens with one attached hydrogen (secondary N) is 1. The maximum Gasteiger partial charge on any atom is 0.0220 e. The van der Waals surface area contributed by atoms with Gasteiger partial charge >= 0.3 is 0 Å². The molecule has 0 spiro atoms. The predicted molar refractivity (Wildman–Crippen MR) is 89.3 cm³/mol. The van der Waals surface area contributed by atoms with Crippen LogP contribution in [-0.4, -0.2) is 61.7 Å². The van der Waals surface area contributed by atoms with Gasteiger partial charge in [0.15, 0.2) is 0 Å². The Kier molecular flexibility index (Phi) is 7.49. The molecule has 1 N–H and O–H groups in total. The fourth-order valence-electron chi connectivity index (χ4n) is 3.12. The van der Waals surface area contributed by atoms with Crippen molar-refractivity contribution in [2.75, 3.05) is 39.8 Å². The highest BCUT2D eigenvalue weighted by molar-refractivity contribution is 4.85. The first-order valence-electron chi connectivity index (χ1n) is 8.56. The summed E-state index contributed by atoms with van der Waals surface area (Å²) in [6.45, 7) is 17.7. The Bertz CT molecular complexity index is 267. The van der Waals surface area contributed by atoms with Crippen LogP contribution in [0, 0.1) is 5.41 Å². The second kappa shape index (κ2) is 8.35. The third-order valence-electron chi connectivity index (χ3n) is 4.87. The molecule has 120 valence electrons. The Morgan fingerprint density at radius 2 is 1.95 bits per heavy atom. The molecule has 1 heterocycles. The molecular weight excluding hydrogens is 246 g/mol. The Labute approximate surface area is 127 Å². The van der Waals surface area contributed by atoms with Gasteiger partial charge in [-0.25, -0.2) is 0 Å². The first kappa shape index (κ1) is 17.9. The molecule has 2 atom stereocenters. The van der Waals surface area contributed by atoms with Crippen molar-refractivity contribution in [2.45, 2.75) is 66.0 Å². The molecule has 1 saturated heterocycles. The van der Waals surface area contributed by atoms with Crippen molar-refractivity contribution in [3.05, 3.63) is 0 Å². The van der Waals surface area contributed by atoms with Crippen LogP contribution in [0.25, 0.3) is 0 Å². The van der Waals surface area contributed by atoms with E-state index in [1.54, 1.807) is 0 Å². The van der Waals surface area contributed by atoms with Crippen molar-refractivity contribution in [3.63, 3.8) is 0 Å². The molecule has 1 aliphatic rings. The van der Waals surface area contributed by atoms with Crippen LogP contribution in [0.4, 0.5) is 0 Å². The fraction of sp³-hybridized carbons (Fsp3) is 1.00. The lowest BCUT2D eigenvalue weighted by atomic mass is 9.86. The van der Waals surface area contributed by atoms with Crippen molar-refractivity contribution in [2.24, 2.45) is 5.41 Å². The van der Waals surface area contributed by atoms with Gasteiger partial charge in [-0.2, -0.15) is 0 Å². The van der Waals surface area contributed by atoms with E-state index >= 15 is 0 Å². The molecule has 3 heteroatoms. The van der Waals surface area contributed by atoms with Gasteiger partial charge in [-0.05, 0) is 44.8 Å². The molecule has 0 aromatic rings. The van der Waals surface area contributed by atoms with Crippen molar-refractivity contribution in [3.8, 4) is 0 Å². The van der Waals surface area contributed by atoms with Crippen LogP contribution in [0.2, 0.25) is 0 Å². The van der Waals surface area contributed by atoms with E-state index in [0.29, 0.717) is 11.5 Å². The van der Waals surface area contributed by atoms with E-state index in [1.807, 2.05) is 0 Å². The first-order valence-corrected chi connectivity index (χ1v) is 8.56. The third-order valence-corrected chi connectivity index (χ3v) is 4.87. The average molecular weight is 284 g/mol. The maximum atomic E-state index is 3.65. The molecule has 2 unspecified atom stereocenters. The van der Waals surface area contributed by atoms with Crippen molar-refractivity contribution < 1.29 is 0 Å². The topological polar surface area (TPSA) is 18.5 Å². The molecule has 1 fully saturated rings. The summed E-state index contributed by atoms with van der Waals surface area (Å²) in [6, 6.07) is 1.31. The minimum atomic E-state index is 0.389. The standard InChI is InChI=1S/C17H37N3/c1-7-16-12-19(6)10-9-11-20(16)14-17(5,8-2)13-18-15(3)4/h15-16,18H,7-14H2,1-6H3. The smallest absolute Gasteiger partial charge is 0.0220 e. The zero-order valence-corrected chi connectivity index (χ0v) is 14.7. The van der Waals surface area contributed by atoms with Crippen molar-refractivity contribution in [1.29, 1.82) is 0 Å². The molecule has 0 amide bonds. The van der Waals surface area contributed by atoms with Crippen molar-refractivity contribution >= 4 is 0 Å². The Morgan fingerprint density at radius 3 is 2.50 bits per heavy atom. The van der Waals surface area contributed by atoms with E-state index in [4.69, 9.17) is 0 Å².